The maximum absolute atomic E-state index is 13.2. The third kappa shape index (κ3) is 50.3. The minimum atomic E-state index is -2.53. The molecule has 482 valence electrons. The Balaban J connectivity index is 4.54. The predicted molar refractivity (Wildman–Crippen MR) is 346 cm³/mol. The zero-order valence-electron chi connectivity index (χ0n) is 54.9. The molecule has 0 aromatic rings. The van der Waals surface area contributed by atoms with E-state index in [0.29, 0.717) is 77.4 Å². The number of carbonyl (C=O) groups is 6. The molecule has 0 aromatic carbocycles. The van der Waals surface area contributed by atoms with Gasteiger partial charge in [-0.3, -0.25) is 9.59 Å². The van der Waals surface area contributed by atoms with Crippen LogP contribution in [0.1, 0.15) is 260 Å². The van der Waals surface area contributed by atoms with Crippen LogP contribution in [-0.4, -0.2) is 112 Å². The zero-order valence-corrected chi connectivity index (χ0v) is 57.9. The molecule has 0 spiro atoms. The molecule has 0 aliphatic heterocycles. The summed E-state index contributed by atoms with van der Waals surface area (Å²) in [7, 11) is -6.96. The lowest BCUT2D eigenvalue weighted by molar-refractivity contribution is -0.148. The molecule has 82 heavy (non-hydrogen) atoms. The van der Waals surface area contributed by atoms with E-state index < -0.39 is 55.2 Å². The summed E-state index contributed by atoms with van der Waals surface area (Å²) < 4.78 is 24.7. The van der Waals surface area contributed by atoms with Crippen LogP contribution in [0.25, 0.3) is 0 Å². The highest BCUT2D eigenvalue weighted by atomic mass is 28.5. The highest BCUT2D eigenvalue weighted by molar-refractivity contribution is 6.88. The highest BCUT2D eigenvalue weighted by Gasteiger charge is 2.40. The first-order valence-electron chi connectivity index (χ1n) is 33.4. The van der Waals surface area contributed by atoms with Crippen molar-refractivity contribution >= 4 is 61.0 Å². The molecular weight excluding hydrogens is 1080 g/mol. The smallest absolute Gasteiger partial charge is 0.328 e. The van der Waals surface area contributed by atoms with Crippen LogP contribution < -0.4 is 31.9 Å². The number of carbonyl (C=O) groups excluding carboxylic acids is 6. The van der Waals surface area contributed by atoms with Crippen LogP contribution in [0.3, 0.4) is 0 Å². The van der Waals surface area contributed by atoms with Gasteiger partial charge in [0, 0.05) is 38.6 Å². The van der Waals surface area contributed by atoms with Crippen LogP contribution in [0.15, 0.2) is 0 Å². The molecule has 2 atom stereocenters. The molecule has 0 aromatic heterocycles. The molecule has 0 radical (unpaired) electrons. The number of hydrogen-bond donors (Lipinski definition) is 6. The summed E-state index contributed by atoms with van der Waals surface area (Å²) in [4.78, 5) is 76.8. The Morgan fingerprint density at radius 1 is 0.378 bits per heavy atom. The van der Waals surface area contributed by atoms with E-state index in [-0.39, 0.29) is 36.3 Å². The zero-order chi connectivity index (χ0) is 61.3. The molecule has 0 saturated heterocycles. The number of urea groups is 2. The van der Waals surface area contributed by atoms with Crippen LogP contribution in [0.5, 0.6) is 0 Å². The number of ether oxygens (including phenoxy) is 2. The van der Waals surface area contributed by atoms with Gasteiger partial charge in [0.2, 0.25) is 11.8 Å². The molecule has 2 unspecified atom stereocenters. The lowest BCUT2D eigenvalue weighted by Gasteiger charge is -2.38. The van der Waals surface area contributed by atoms with E-state index in [1.807, 2.05) is 27.7 Å². The average molecular weight is 1210 g/mol. The van der Waals surface area contributed by atoms with E-state index in [0.717, 1.165) is 76.7 Å². The molecule has 0 bridgehead atoms. The van der Waals surface area contributed by atoms with Gasteiger partial charge in [0.05, 0.1) is 13.2 Å². The molecule has 0 aliphatic rings. The standard InChI is InChI=1S/C63H128N6O10Si3/c1-13-15-17-19-21-23-27-31-35-45-58(70)64-47-40-37-43-56(60(72)76-51-54(3)4)68-62(74)66-49-39-33-29-25-26-30-34-42-50-80(7,8)78-82(11,12)79-81(9,10)53-67-63(75)69-57(61(73)77-52-55(5)6)44-38-41-48-65-59(71)46-36-32-28-24-22-20-18-16-14-2/h54-57H,13-53H2,1-12H3,(H,64,70)(H,65,71)(H2,66,68,74)(H2,67,69,75). The summed E-state index contributed by atoms with van der Waals surface area (Å²) in [6, 6.07) is -1.25. The number of rotatable bonds is 55. The molecule has 0 rings (SSSR count). The minimum absolute atomic E-state index is 0.0735. The van der Waals surface area contributed by atoms with E-state index in [2.05, 4.69) is 85.0 Å². The van der Waals surface area contributed by atoms with Crippen LogP contribution in [0, 0.1) is 11.8 Å². The summed E-state index contributed by atoms with van der Waals surface area (Å²) in [5.41, 5.74) is 0. The van der Waals surface area contributed by atoms with Crippen molar-refractivity contribution in [3.8, 4) is 0 Å². The number of amides is 6. The van der Waals surface area contributed by atoms with Gasteiger partial charge in [-0.2, -0.15) is 0 Å². The van der Waals surface area contributed by atoms with Crippen LogP contribution >= 0.6 is 0 Å². The van der Waals surface area contributed by atoms with Crippen LogP contribution in [0.2, 0.25) is 45.3 Å². The van der Waals surface area contributed by atoms with Gasteiger partial charge in [-0.25, -0.2) is 19.2 Å². The largest absolute Gasteiger partial charge is 0.464 e. The second-order valence-electron chi connectivity index (χ2n) is 25.9. The molecule has 0 heterocycles. The maximum Gasteiger partial charge on any atom is 0.328 e. The first-order chi connectivity index (χ1) is 39.0. The van der Waals surface area contributed by atoms with Gasteiger partial charge in [-0.15, -0.1) is 0 Å². The molecule has 16 nitrogen and oxygen atoms in total. The van der Waals surface area contributed by atoms with Gasteiger partial charge < -0.3 is 49.6 Å². The first kappa shape index (κ1) is 79.0. The Kier molecular flexibility index (Phi) is 48.3. The number of hydrogen-bond acceptors (Lipinski definition) is 10. The fraction of sp³-hybridized carbons (Fsp3) is 0.905. The Bertz CT molecular complexity index is 1660. The predicted octanol–water partition coefficient (Wildman–Crippen LogP) is 14.9. The summed E-state index contributed by atoms with van der Waals surface area (Å²) in [5.74, 6) is -0.337. The van der Waals surface area contributed by atoms with Gasteiger partial charge in [0.1, 0.15) is 12.1 Å². The van der Waals surface area contributed by atoms with Gasteiger partial charge >= 0.3 is 32.6 Å². The van der Waals surface area contributed by atoms with Crippen molar-refractivity contribution in [2.75, 3.05) is 39.0 Å². The van der Waals surface area contributed by atoms with Gasteiger partial charge in [0.15, 0.2) is 16.6 Å². The van der Waals surface area contributed by atoms with Crippen molar-refractivity contribution in [1.82, 2.24) is 31.9 Å². The van der Waals surface area contributed by atoms with Crippen molar-refractivity contribution in [2.45, 2.75) is 317 Å². The van der Waals surface area contributed by atoms with Crippen molar-refractivity contribution in [1.29, 1.82) is 0 Å². The highest BCUT2D eigenvalue weighted by Crippen LogP contribution is 2.25. The molecule has 0 saturated carbocycles. The number of nitrogens with one attached hydrogen (secondary N) is 6. The number of esters is 2. The topological polar surface area (TPSA) is 212 Å². The second-order valence-corrected chi connectivity index (χ2v) is 38.3. The molecular formula is C63H128N6O10Si3. The van der Waals surface area contributed by atoms with Crippen LogP contribution in [-0.2, 0) is 36.9 Å². The summed E-state index contributed by atoms with van der Waals surface area (Å²) in [6.07, 6.45) is 35.8. The lowest BCUT2D eigenvalue weighted by Crippen LogP contribution is -2.57. The Morgan fingerprint density at radius 3 is 1.11 bits per heavy atom. The molecule has 6 amide bonds. The van der Waals surface area contributed by atoms with Gasteiger partial charge in [-0.05, 0) is 115 Å². The van der Waals surface area contributed by atoms with E-state index >= 15 is 0 Å². The van der Waals surface area contributed by atoms with Gasteiger partial charge in [-0.1, -0.05) is 189 Å². The summed E-state index contributed by atoms with van der Waals surface area (Å²) in [6.45, 7) is 27.5. The molecule has 0 fully saturated rings. The molecule has 6 N–H and O–H groups in total. The summed E-state index contributed by atoms with van der Waals surface area (Å²) >= 11 is 0. The van der Waals surface area contributed by atoms with Crippen molar-refractivity contribution in [3.63, 3.8) is 0 Å². The molecule has 0 aliphatic carbocycles. The van der Waals surface area contributed by atoms with Gasteiger partial charge in [0.25, 0.3) is 0 Å². The van der Waals surface area contributed by atoms with E-state index in [9.17, 15) is 28.8 Å². The first-order valence-corrected chi connectivity index (χ1v) is 42.4. The normalized spacial score (nSPS) is 12.7. The summed E-state index contributed by atoms with van der Waals surface area (Å²) in [5, 5.41) is 17.7. The fourth-order valence-corrected chi connectivity index (χ4v) is 23.6. The van der Waals surface area contributed by atoms with E-state index in [1.165, 1.54) is 103 Å². The lowest BCUT2D eigenvalue weighted by atomic mass is 10.1. The Morgan fingerprint density at radius 2 is 0.707 bits per heavy atom. The Labute approximate surface area is 505 Å². The fourth-order valence-electron chi connectivity index (χ4n) is 10.1. The molecule has 19 heteroatoms. The SMILES string of the molecule is CCCCCCCCCCCC(=O)NCCCCC(NC(=O)NCCCCCCCCCC[Si](C)(C)O[Si](C)(C)O[Si](C)(C)CNC(=O)NC(CCCCNC(=O)CCCCCCCCCCC)C(=O)OCC(C)C)C(=O)OCC(C)C. The minimum Gasteiger partial charge on any atom is -0.464 e. The van der Waals surface area contributed by atoms with Crippen molar-refractivity contribution in [2.24, 2.45) is 11.8 Å². The monoisotopic (exact) mass is 1210 g/mol. The third-order valence-electron chi connectivity index (χ3n) is 14.5. The maximum atomic E-state index is 13.2. The third-order valence-corrected chi connectivity index (χ3v) is 25.4. The van der Waals surface area contributed by atoms with Crippen LogP contribution in [0.4, 0.5) is 9.59 Å². The average Bonchev–Trinajstić information content (AvgIpc) is 3.49. The van der Waals surface area contributed by atoms with Crippen molar-refractivity contribution < 1.29 is 46.5 Å². The number of unbranched alkanes of at least 4 members (excludes halogenated alkanes) is 25. The second kappa shape index (κ2) is 50.2. The quantitative estimate of drug-likeness (QED) is 0.0193. The van der Waals surface area contributed by atoms with Crippen molar-refractivity contribution in [3.05, 3.63) is 0 Å². The Hall–Kier alpha value is -3.01. The van der Waals surface area contributed by atoms with E-state index in [4.69, 9.17) is 17.7 Å². The van der Waals surface area contributed by atoms with E-state index in [1.54, 1.807) is 0 Å².